The Morgan fingerprint density at radius 1 is 1.38 bits per heavy atom. The smallest absolute Gasteiger partial charge is 0.0357 e. The third kappa shape index (κ3) is 5.44. The van der Waals surface area contributed by atoms with Gasteiger partial charge in [0.05, 0.1) is 0 Å². The van der Waals surface area contributed by atoms with E-state index in [4.69, 9.17) is 0 Å². The van der Waals surface area contributed by atoms with Gasteiger partial charge in [-0.2, -0.15) is 0 Å². The number of hydrogen-bond donors (Lipinski definition) is 1. The van der Waals surface area contributed by atoms with E-state index in [0.29, 0.717) is 6.04 Å². The zero-order valence-electron chi connectivity index (χ0n) is 11.0. The van der Waals surface area contributed by atoms with Gasteiger partial charge in [-0.25, -0.2) is 0 Å². The van der Waals surface area contributed by atoms with E-state index in [0.717, 1.165) is 24.1 Å². The minimum absolute atomic E-state index is 0.650. The Kier molecular flexibility index (Phi) is 6.59. The van der Waals surface area contributed by atoms with Crippen LogP contribution in [0.2, 0.25) is 0 Å². The highest BCUT2D eigenvalue weighted by Gasteiger charge is 2.26. The minimum atomic E-state index is -0.650. The number of nitrogens with one attached hydrogen (secondary N) is 1. The molecule has 0 spiro atoms. The summed E-state index contributed by atoms with van der Waals surface area (Å²) in [6.45, 7) is 5.53. The third-order valence-electron chi connectivity index (χ3n) is 3.57. The molecule has 1 aliphatic carbocycles. The molecule has 0 saturated heterocycles. The van der Waals surface area contributed by atoms with Gasteiger partial charge in [0.15, 0.2) is 0 Å². The van der Waals surface area contributed by atoms with Gasteiger partial charge in [-0.1, -0.05) is 26.7 Å². The summed E-state index contributed by atoms with van der Waals surface area (Å²) in [5, 5.41) is 3.59. The van der Waals surface area contributed by atoms with Gasteiger partial charge >= 0.3 is 0 Å². The molecule has 1 fully saturated rings. The molecule has 0 amide bonds. The SMILES string of the molecule is CC(C)CCC1CCCC1NCCS(C)=O. The standard InChI is InChI=1S/C13H27NOS/c1-11(2)7-8-12-5-4-6-13(12)14-9-10-16(3)15/h11-14H,4-10H2,1-3H3. The summed E-state index contributed by atoms with van der Waals surface area (Å²) in [4.78, 5) is 0. The molecule has 0 aromatic carbocycles. The highest BCUT2D eigenvalue weighted by Crippen LogP contribution is 2.30. The second kappa shape index (κ2) is 7.44. The van der Waals surface area contributed by atoms with E-state index >= 15 is 0 Å². The Bertz CT molecular complexity index is 218. The summed E-state index contributed by atoms with van der Waals surface area (Å²) in [5.41, 5.74) is 0. The lowest BCUT2D eigenvalue weighted by Crippen LogP contribution is -2.35. The third-order valence-corrected chi connectivity index (χ3v) is 4.35. The fourth-order valence-corrected chi connectivity index (χ4v) is 2.99. The number of rotatable bonds is 7. The maximum atomic E-state index is 11.0. The van der Waals surface area contributed by atoms with Crippen molar-refractivity contribution in [1.29, 1.82) is 0 Å². The van der Waals surface area contributed by atoms with Gasteiger partial charge in [-0.05, 0) is 31.1 Å². The Morgan fingerprint density at radius 2 is 2.12 bits per heavy atom. The number of hydrogen-bond acceptors (Lipinski definition) is 2. The molecule has 3 heteroatoms. The van der Waals surface area contributed by atoms with E-state index in [1.807, 2.05) is 0 Å². The van der Waals surface area contributed by atoms with E-state index in [9.17, 15) is 4.21 Å². The highest BCUT2D eigenvalue weighted by atomic mass is 32.2. The topological polar surface area (TPSA) is 29.1 Å². The van der Waals surface area contributed by atoms with E-state index in [1.54, 1.807) is 6.26 Å². The molecule has 3 unspecified atom stereocenters. The van der Waals surface area contributed by atoms with Gasteiger partial charge < -0.3 is 5.32 Å². The zero-order chi connectivity index (χ0) is 12.0. The van der Waals surface area contributed by atoms with Crippen molar-refractivity contribution in [2.75, 3.05) is 18.6 Å². The average molecular weight is 245 g/mol. The van der Waals surface area contributed by atoms with Gasteiger partial charge in [0.1, 0.15) is 0 Å². The van der Waals surface area contributed by atoms with Crippen molar-refractivity contribution in [2.45, 2.75) is 52.0 Å². The largest absolute Gasteiger partial charge is 0.313 e. The molecule has 2 nitrogen and oxygen atoms in total. The van der Waals surface area contributed by atoms with Gasteiger partial charge in [-0.15, -0.1) is 0 Å². The molecule has 0 bridgehead atoms. The second-order valence-electron chi connectivity index (χ2n) is 5.50. The molecular formula is C13H27NOS. The van der Waals surface area contributed by atoms with Gasteiger partial charge in [0, 0.05) is 35.4 Å². The molecule has 96 valence electrons. The van der Waals surface area contributed by atoms with Crippen molar-refractivity contribution in [3.8, 4) is 0 Å². The van der Waals surface area contributed by atoms with Crippen LogP contribution < -0.4 is 5.32 Å². The summed E-state index contributed by atoms with van der Waals surface area (Å²) >= 11 is 0. The summed E-state index contributed by atoms with van der Waals surface area (Å²) in [7, 11) is -0.650. The minimum Gasteiger partial charge on any atom is -0.313 e. The Morgan fingerprint density at radius 3 is 2.75 bits per heavy atom. The fourth-order valence-electron chi connectivity index (χ4n) is 2.59. The molecule has 1 N–H and O–H groups in total. The van der Waals surface area contributed by atoms with E-state index in [2.05, 4.69) is 19.2 Å². The first kappa shape index (κ1) is 14.2. The first-order chi connectivity index (χ1) is 7.59. The second-order valence-corrected chi connectivity index (χ2v) is 7.05. The van der Waals surface area contributed by atoms with Crippen LogP contribution in [0.1, 0.15) is 46.0 Å². The van der Waals surface area contributed by atoms with Crippen LogP contribution in [0.4, 0.5) is 0 Å². The van der Waals surface area contributed by atoms with Crippen LogP contribution in [-0.4, -0.2) is 28.8 Å². The molecule has 1 aliphatic rings. The van der Waals surface area contributed by atoms with E-state index < -0.39 is 10.8 Å². The quantitative estimate of drug-likeness (QED) is 0.747. The van der Waals surface area contributed by atoms with Crippen LogP contribution in [0.15, 0.2) is 0 Å². The Balaban J connectivity index is 2.20. The lowest BCUT2D eigenvalue weighted by molar-refractivity contribution is 0.357. The Hall–Kier alpha value is 0.110. The molecule has 0 aromatic heterocycles. The molecule has 0 aliphatic heterocycles. The predicted octanol–water partition coefficient (Wildman–Crippen LogP) is 2.56. The van der Waals surface area contributed by atoms with Crippen molar-refractivity contribution < 1.29 is 4.21 Å². The lowest BCUT2D eigenvalue weighted by atomic mass is 9.94. The molecule has 3 atom stereocenters. The summed E-state index contributed by atoms with van der Waals surface area (Å²) < 4.78 is 11.0. The molecule has 0 heterocycles. The van der Waals surface area contributed by atoms with Gasteiger partial charge in [-0.3, -0.25) is 4.21 Å². The molecule has 16 heavy (non-hydrogen) atoms. The Labute approximate surface area is 103 Å². The van der Waals surface area contributed by atoms with Crippen LogP contribution in [-0.2, 0) is 10.8 Å². The van der Waals surface area contributed by atoms with Crippen LogP contribution >= 0.6 is 0 Å². The van der Waals surface area contributed by atoms with Gasteiger partial charge in [0.25, 0.3) is 0 Å². The molecular weight excluding hydrogens is 218 g/mol. The normalized spacial score (nSPS) is 27.5. The van der Waals surface area contributed by atoms with Crippen LogP contribution in [0.5, 0.6) is 0 Å². The fraction of sp³-hybridized carbons (Fsp3) is 1.00. The molecule has 1 saturated carbocycles. The monoisotopic (exact) mass is 245 g/mol. The van der Waals surface area contributed by atoms with E-state index in [-0.39, 0.29) is 0 Å². The molecule has 0 aromatic rings. The van der Waals surface area contributed by atoms with Crippen LogP contribution in [0, 0.1) is 11.8 Å². The lowest BCUT2D eigenvalue weighted by Gasteiger charge is -2.21. The predicted molar refractivity (Wildman–Crippen MR) is 72.1 cm³/mol. The molecule has 1 rings (SSSR count). The van der Waals surface area contributed by atoms with Crippen molar-refractivity contribution in [2.24, 2.45) is 11.8 Å². The summed E-state index contributed by atoms with van der Waals surface area (Å²) in [6, 6.07) is 0.697. The van der Waals surface area contributed by atoms with Crippen molar-refractivity contribution in [3.63, 3.8) is 0 Å². The van der Waals surface area contributed by atoms with Crippen molar-refractivity contribution >= 4 is 10.8 Å². The molecule has 0 radical (unpaired) electrons. The highest BCUT2D eigenvalue weighted by molar-refractivity contribution is 7.84. The van der Waals surface area contributed by atoms with Gasteiger partial charge in [0.2, 0.25) is 0 Å². The summed E-state index contributed by atoms with van der Waals surface area (Å²) in [5.74, 6) is 2.49. The summed E-state index contributed by atoms with van der Waals surface area (Å²) in [6.07, 6.45) is 8.58. The van der Waals surface area contributed by atoms with Crippen LogP contribution in [0.25, 0.3) is 0 Å². The van der Waals surface area contributed by atoms with Crippen molar-refractivity contribution in [1.82, 2.24) is 5.32 Å². The first-order valence-electron chi connectivity index (χ1n) is 6.63. The van der Waals surface area contributed by atoms with Crippen LogP contribution in [0.3, 0.4) is 0 Å². The maximum Gasteiger partial charge on any atom is 0.0357 e. The van der Waals surface area contributed by atoms with Crippen molar-refractivity contribution in [3.05, 3.63) is 0 Å². The first-order valence-corrected chi connectivity index (χ1v) is 8.35. The maximum absolute atomic E-state index is 11.0. The zero-order valence-corrected chi connectivity index (χ0v) is 11.8. The average Bonchev–Trinajstić information content (AvgIpc) is 2.62. The van der Waals surface area contributed by atoms with E-state index in [1.165, 1.54) is 32.1 Å².